The van der Waals surface area contributed by atoms with Gasteiger partial charge in [0.05, 0.1) is 0 Å². The third-order valence-corrected chi connectivity index (χ3v) is 3.99. The molecular formula is C9H15N3OS. The summed E-state index contributed by atoms with van der Waals surface area (Å²) in [6, 6.07) is 0. The second-order valence-electron chi connectivity index (χ2n) is 3.72. The van der Waals surface area contributed by atoms with Gasteiger partial charge in [-0.05, 0) is 18.8 Å². The molecular weight excluding hydrogens is 198 g/mol. The van der Waals surface area contributed by atoms with Crippen LogP contribution in [0.2, 0.25) is 0 Å². The van der Waals surface area contributed by atoms with Crippen LogP contribution in [0.4, 0.5) is 0 Å². The van der Waals surface area contributed by atoms with Gasteiger partial charge in [0.1, 0.15) is 6.61 Å². The van der Waals surface area contributed by atoms with Gasteiger partial charge >= 0.3 is 0 Å². The fourth-order valence-electron chi connectivity index (χ4n) is 1.46. The topological polar surface area (TPSA) is 50.9 Å². The second-order valence-corrected chi connectivity index (χ2v) is 4.71. The van der Waals surface area contributed by atoms with Crippen molar-refractivity contribution in [2.24, 2.45) is 13.0 Å². The highest BCUT2D eigenvalue weighted by Crippen LogP contribution is 2.31. The Kier molecular flexibility index (Phi) is 3.08. The molecule has 0 unspecified atom stereocenters. The minimum absolute atomic E-state index is 0.0342. The molecule has 1 aromatic heterocycles. The number of nitrogens with zero attached hydrogens (tertiary/aromatic N) is 3. The first-order valence-electron chi connectivity index (χ1n) is 4.93. The van der Waals surface area contributed by atoms with E-state index in [-0.39, 0.29) is 6.61 Å². The van der Waals surface area contributed by atoms with E-state index in [0.717, 1.165) is 16.8 Å². The zero-order chi connectivity index (χ0) is 9.97. The molecule has 1 fully saturated rings. The molecule has 1 heterocycles. The van der Waals surface area contributed by atoms with Crippen LogP contribution in [0.25, 0.3) is 0 Å². The van der Waals surface area contributed by atoms with Gasteiger partial charge in [-0.15, -0.1) is 10.2 Å². The number of rotatable bonds is 4. The van der Waals surface area contributed by atoms with E-state index in [9.17, 15) is 0 Å². The zero-order valence-corrected chi connectivity index (χ0v) is 9.13. The van der Waals surface area contributed by atoms with E-state index >= 15 is 0 Å². The molecule has 4 nitrogen and oxygen atoms in total. The molecule has 1 aliphatic carbocycles. The van der Waals surface area contributed by atoms with Crippen LogP contribution in [0.3, 0.4) is 0 Å². The van der Waals surface area contributed by atoms with Crippen LogP contribution in [-0.2, 0) is 13.7 Å². The van der Waals surface area contributed by atoms with E-state index in [1.807, 2.05) is 11.6 Å². The molecule has 1 aromatic rings. The number of thioether (sulfide) groups is 1. The fraction of sp³-hybridized carbons (Fsp3) is 0.778. The molecule has 0 saturated heterocycles. The summed E-state index contributed by atoms with van der Waals surface area (Å²) in [5.41, 5.74) is 0. The smallest absolute Gasteiger partial charge is 0.191 e. The van der Waals surface area contributed by atoms with Crippen LogP contribution < -0.4 is 0 Å². The monoisotopic (exact) mass is 213 g/mol. The molecule has 0 atom stereocenters. The number of aliphatic hydroxyl groups excluding tert-OH is 1. The number of aromatic nitrogens is 3. The van der Waals surface area contributed by atoms with Crippen molar-refractivity contribution in [2.45, 2.75) is 31.0 Å². The third-order valence-electron chi connectivity index (χ3n) is 2.74. The quantitative estimate of drug-likeness (QED) is 0.764. The Morgan fingerprint density at radius 2 is 2.29 bits per heavy atom. The molecule has 1 aliphatic rings. The molecule has 0 amide bonds. The molecule has 2 rings (SSSR count). The lowest BCUT2D eigenvalue weighted by atomic mass is 9.87. The first-order chi connectivity index (χ1) is 6.81. The minimum atomic E-state index is -0.0342. The zero-order valence-electron chi connectivity index (χ0n) is 8.31. The van der Waals surface area contributed by atoms with Gasteiger partial charge in [0, 0.05) is 12.8 Å². The highest BCUT2D eigenvalue weighted by atomic mass is 32.2. The van der Waals surface area contributed by atoms with E-state index in [1.165, 1.54) is 19.3 Å². The van der Waals surface area contributed by atoms with E-state index in [0.29, 0.717) is 5.82 Å². The summed E-state index contributed by atoms with van der Waals surface area (Å²) in [5, 5.41) is 17.8. The van der Waals surface area contributed by atoms with Gasteiger partial charge in [0.25, 0.3) is 0 Å². The molecule has 0 spiro atoms. The van der Waals surface area contributed by atoms with Crippen LogP contribution in [0.15, 0.2) is 5.16 Å². The summed E-state index contributed by atoms with van der Waals surface area (Å²) in [6.45, 7) is -0.0342. The summed E-state index contributed by atoms with van der Waals surface area (Å²) in [7, 11) is 1.90. The van der Waals surface area contributed by atoms with Crippen molar-refractivity contribution in [1.82, 2.24) is 14.8 Å². The van der Waals surface area contributed by atoms with E-state index in [1.54, 1.807) is 11.8 Å². The summed E-state index contributed by atoms with van der Waals surface area (Å²) in [5.74, 6) is 2.65. The normalized spacial score (nSPS) is 17.0. The van der Waals surface area contributed by atoms with Gasteiger partial charge in [0.15, 0.2) is 11.0 Å². The van der Waals surface area contributed by atoms with Crippen molar-refractivity contribution in [2.75, 3.05) is 5.75 Å². The van der Waals surface area contributed by atoms with Crippen LogP contribution in [0, 0.1) is 5.92 Å². The van der Waals surface area contributed by atoms with Gasteiger partial charge in [0.2, 0.25) is 0 Å². The Bertz CT molecular complexity index is 309. The molecule has 0 radical (unpaired) electrons. The van der Waals surface area contributed by atoms with Crippen molar-refractivity contribution in [3.05, 3.63) is 5.82 Å². The maximum absolute atomic E-state index is 8.93. The molecule has 5 heteroatoms. The third kappa shape index (κ3) is 1.93. The SMILES string of the molecule is Cn1c(CO)nnc1SCC1CCC1. The Hall–Kier alpha value is -0.550. The van der Waals surface area contributed by atoms with E-state index in [2.05, 4.69) is 10.2 Å². The van der Waals surface area contributed by atoms with Crippen molar-refractivity contribution in [1.29, 1.82) is 0 Å². The predicted molar refractivity (Wildman–Crippen MR) is 55.0 cm³/mol. The molecule has 0 bridgehead atoms. The minimum Gasteiger partial charge on any atom is -0.388 e. The van der Waals surface area contributed by atoms with Gasteiger partial charge < -0.3 is 9.67 Å². The lowest BCUT2D eigenvalue weighted by molar-refractivity contribution is 0.266. The average molecular weight is 213 g/mol. The molecule has 1 N–H and O–H groups in total. The van der Waals surface area contributed by atoms with E-state index in [4.69, 9.17) is 5.11 Å². The summed E-state index contributed by atoms with van der Waals surface area (Å²) < 4.78 is 1.86. The summed E-state index contributed by atoms with van der Waals surface area (Å²) in [4.78, 5) is 0. The van der Waals surface area contributed by atoms with Gasteiger partial charge in [-0.3, -0.25) is 0 Å². The second kappa shape index (κ2) is 4.31. The molecule has 1 saturated carbocycles. The first-order valence-corrected chi connectivity index (χ1v) is 5.91. The van der Waals surface area contributed by atoms with Crippen LogP contribution in [0.5, 0.6) is 0 Å². The Balaban J connectivity index is 1.91. The largest absolute Gasteiger partial charge is 0.388 e. The van der Waals surface area contributed by atoms with Crippen LogP contribution >= 0.6 is 11.8 Å². The number of hydrogen-bond acceptors (Lipinski definition) is 4. The first kappa shape index (κ1) is 9.98. The molecule has 78 valence electrons. The lowest BCUT2D eigenvalue weighted by Crippen LogP contribution is -2.13. The highest BCUT2D eigenvalue weighted by Gasteiger charge is 2.18. The number of hydrogen-bond donors (Lipinski definition) is 1. The molecule has 14 heavy (non-hydrogen) atoms. The van der Waals surface area contributed by atoms with Crippen LogP contribution in [-0.4, -0.2) is 25.6 Å². The van der Waals surface area contributed by atoms with Crippen molar-refractivity contribution >= 4 is 11.8 Å². The molecule has 0 aromatic carbocycles. The standard InChI is InChI=1S/C9H15N3OS/c1-12-8(5-13)10-11-9(12)14-6-7-3-2-4-7/h7,13H,2-6H2,1H3. The lowest BCUT2D eigenvalue weighted by Gasteiger charge is -2.24. The highest BCUT2D eigenvalue weighted by molar-refractivity contribution is 7.99. The van der Waals surface area contributed by atoms with Crippen molar-refractivity contribution < 1.29 is 5.11 Å². The Morgan fingerprint density at radius 3 is 2.79 bits per heavy atom. The molecule has 0 aliphatic heterocycles. The summed E-state index contributed by atoms with van der Waals surface area (Å²) >= 11 is 1.75. The van der Waals surface area contributed by atoms with Gasteiger partial charge in [-0.25, -0.2) is 0 Å². The van der Waals surface area contributed by atoms with Gasteiger partial charge in [-0.2, -0.15) is 0 Å². The van der Waals surface area contributed by atoms with E-state index < -0.39 is 0 Å². The average Bonchev–Trinajstić information content (AvgIpc) is 2.45. The maximum Gasteiger partial charge on any atom is 0.191 e. The maximum atomic E-state index is 8.93. The van der Waals surface area contributed by atoms with Crippen LogP contribution in [0.1, 0.15) is 25.1 Å². The van der Waals surface area contributed by atoms with Crippen molar-refractivity contribution in [3.63, 3.8) is 0 Å². The fourth-order valence-corrected chi connectivity index (χ4v) is 2.58. The van der Waals surface area contributed by atoms with Crippen molar-refractivity contribution in [3.8, 4) is 0 Å². The Morgan fingerprint density at radius 1 is 1.50 bits per heavy atom. The summed E-state index contributed by atoms with van der Waals surface area (Å²) in [6.07, 6.45) is 4.10. The predicted octanol–water partition coefficient (Wildman–Crippen LogP) is 1.20. The van der Waals surface area contributed by atoms with Gasteiger partial charge in [-0.1, -0.05) is 18.2 Å². The Labute approximate surface area is 87.7 Å². The number of aliphatic hydroxyl groups is 1.